The van der Waals surface area contributed by atoms with Crippen molar-refractivity contribution in [3.63, 3.8) is 0 Å². The summed E-state index contributed by atoms with van der Waals surface area (Å²) in [6.07, 6.45) is 7.34. The molecule has 1 saturated heterocycles. The number of allylic oxidation sites excluding steroid dienone is 4. The molecule has 1 aromatic rings. The third-order valence-electron chi connectivity index (χ3n) is 6.30. The van der Waals surface area contributed by atoms with Crippen molar-refractivity contribution in [2.24, 2.45) is 17.8 Å². The van der Waals surface area contributed by atoms with Crippen LogP contribution < -0.4 is 5.32 Å². The number of hydrogen-bond donors (Lipinski definition) is 4. The Morgan fingerprint density at radius 2 is 2.06 bits per heavy atom. The van der Waals surface area contributed by atoms with Gasteiger partial charge in [0.2, 0.25) is 5.91 Å². The van der Waals surface area contributed by atoms with Crippen molar-refractivity contribution < 1.29 is 18.9 Å². The molecule has 0 spiro atoms. The Kier molecular flexibility index (Phi) is 9.13. The Morgan fingerprint density at radius 3 is 2.72 bits per heavy atom. The maximum absolute atomic E-state index is 13.0. The van der Waals surface area contributed by atoms with Crippen LogP contribution in [-0.2, 0) is 20.2 Å². The largest absolute Gasteiger partial charge is 0.512 e. The van der Waals surface area contributed by atoms with E-state index in [0.717, 1.165) is 37.9 Å². The second-order valence-corrected chi connectivity index (χ2v) is 9.42. The van der Waals surface area contributed by atoms with Crippen LogP contribution in [0.4, 0.5) is 0 Å². The topological polar surface area (TPSA) is 78.9 Å². The fourth-order valence-corrected chi connectivity index (χ4v) is 5.04. The molecule has 4 unspecified atom stereocenters. The molecule has 0 radical (unpaired) electrons. The van der Waals surface area contributed by atoms with Gasteiger partial charge in [-0.15, -0.1) is 12.6 Å². The maximum Gasteiger partial charge on any atom is 0.350 e. The lowest BCUT2D eigenvalue weighted by atomic mass is 9.79. The van der Waals surface area contributed by atoms with E-state index in [0.29, 0.717) is 30.6 Å². The number of nitrogens with one attached hydrogen (secondary N) is 1. The van der Waals surface area contributed by atoms with Gasteiger partial charge in [-0.1, -0.05) is 43.3 Å². The van der Waals surface area contributed by atoms with Gasteiger partial charge in [0.1, 0.15) is 0 Å². The summed E-state index contributed by atoms with van der Waals surface area (Å²) in [5.41, 5.74) is 2.30. The van der Waals surface area contributed by atoms with Crippen LogP contribution in [0.25, 0.3) is 0 Å². The quantitative estimate of drug-likeness (QED) is 0.261. The molecule has 0 saturated carbocycles. The molecule has 174 valence electrons. The highest BCUT2D eigenvalue weighted by Crippen LogP contribution is 2.33. The summed E-state index contributed by atoms with van der Waals surface area (Å²) in [6, 6.07) is 9.87. The molecule has 8 heteroatoms. The molecule has 1 fully saturated rings. The fourth-order valence-electron chi connectivity index (χ4n) is 4.67. The third-order valence-corrected chi connectivity index (χ3v) is 6.82. The predicted molar refractivity (Wildman–Crippen MR) is 131 cm³/mol. The molecule has 1 aromatic carbocycles. The van der Waals surface area contributed by atoms with Gasteiger partial charge in [0.15, 0.2) is 5.37 Å². The van der Waals surface area contributed by atoms with Crippen molar-refractivity contribution in [1.82, 2.24) is 10.2 Å². The number of amides is 1. The lowest BCUT2D eigenvalue weighted by molar-refractivity contribution is -0.136. The average Bonchev–Trinajstić information content (AvgIpc) is 2.78. The number of hydrogen-bond acceptors (Lipinski definition) is 7. The van der Waals surface area contributed by atoms with Crippen molar-refractivity contribution in [1.29, 1.82) is 0 Å². The second-order valence-electron chi connectivity index (χ2n) is 8.72. The lowest BCUT2D eigenvalue weighted by Crippen LogP contribution is -2.48. The molecule has 32 heavy (non-hydrogen) atoms. The molecule has 2 aliphatic rings. The molecular formula is C24H32N2O4S2. The van der Waals surface area contributed by atoms with E-state index in [1.54, 1.807) is 0 Å². The van der Waals surface area contributed by atoms with Crippen molar-refractivity contribution in [3.05, 3.63) is 59.4 Å². The molecule has 1 amide bonds. The van der Waals surface area contributed by atoms with Crippen LogP contribution >= 0.6 is 25.5 Å². The van der Waals surface area contributed by atoms with Crippen molar-refractivity contribution >= 4 is 37.4 Å². The van der Waals surface area contributed by atoms with Crippen LogP contribution in [-0.4, -0.2) is 46.9 Å². The van der Waals surface area contributed by atoms with Gasteiger partial charge in [0.05, 0.1) is 11.7 Å². The fraction of sp³-hybridized carbons (Fsp3) is 0.500. The highest BCUT2D eigenvalue weighted by atomic mass is 32.1. The number of likely N-dealkylation sites (tertiary alicyclic amines) is 1. The Labute approximate surface area is 201 Å². The molecular weight excluding hydrogens is 444 g/mol. The summed E-state index contributed by atoms with van der Waals surface area (Å²) in [7, 11) is 0. The van der Waals surface area contributed by atoms with E-state index in [2.05, 4.69) is 52.9 Å². The summed E-state index contributed by atoms with van der Waals surface area (Å²) in [4.78, 5) is 27.0. The Bertz CT molecular complexity index is 859. The van der Waals surface area contributed by atoms with E-state index in [1.165, 1.54) is 5.57 Å². The summed E-state index contributed by atoms with van der Waals surface area (Å²) in [6.45, 7) is 4.57. The van der Waals surface area contributed by atoms with Gasteiger partial charge >= 0.3 is 5.97 Å². The van der Waals surface area contributed by atoms with Crippen LogP contribution in [0.5, 0.6) is 0 Å². The van der Waals surface area contributed by atoms with E-state index in [-0.39, 0.29) is 11.8 Å². The number of rotatable bonds is 8. The van der Waals surface area contributed by atoms with Gasteiger partial charge < -0.3 is 19.5 Å². The molecule has 1 aliphatic carbocycles. The number of piperidine rings is 1. The molecule has 1 heterocycles. The van der Waals surface area contributed by atoms with E-state index in [1.807, 2.05) is 36.4 Å². The first-order valence-electron chi connectivity index (χ1n) is 11.1. The van der Waals surface area contributed by atoms with Gasteiger partial charge in [0, 0.05) is 32.4 Å². The third kappa shape index (κ3) is 6.80. The smallest absolute Gasteiger partial charge is 0.350 e. The second kappa shape index (κ2) is 11.8. The highest BCUT2D eigenvalue weighted by molar-refractivity contribution is 7.82. The first-order valence-corrected chi connectivity index (χ1v) is 11.9. The van der Waals surface area contributed by atoms with Gasteiger partial charge in [-0.25, -0.2) is 4.79 Å². The zero-order valence-electron chi connectivity index (χ0n) is 18.3. The number of thiol groups is 2. The van der Waals surface area contributed by atoms with Crippen molar-refractivity contribution in [3.8, 4) is 0 Å². The molecule has 0 bridgehead atoms. The summed E-state index contributed by atoms with van der Waals surface area (Å²) in [5.74, 6) is 0.0239. The molecule has 6 nitrogen and oxygen atoms in total. The van der Waals surface area contributed by atoms with Crippen LogP contribution in [0.1, 0.15) is 31.7 Å². The highest BCUT2D eigenvalue weighted by Gasteiger charge is 2.32. The van der Waals surface area contributed by atoms with E-state index in [9.17, 15) is 14.7 Å². The van der Waals surface area contributed by atoms with Crippen LogP contribution in [0, 0.1) is 17.8 Å². The van der Waals surface area contributed by atoms with Gasteiger partial charge in [-0.2, -0.15) is 0 Å². The zero-order valence-corrected chi connectivity index (χ0v) is 20.1. The number of aliphatic hydroxyl groups excluding tert-OH is 1. The number of carbonyl (C=O) groups excluding carboxylic acids is 2. The number of benzene rings is 1. The lowest BCUT2D eigenvalue weighted by Gasteiger charge is -2.39. The molecule has 0 aromatic heterocycles. The predicted octanol–water partition coefficient (Wildman–Crippen LogP) is 3.73. The van der Waals surface area contributed by atoms with E-state index >= 15 is 0 Å². The van der Waals surface area contributed by atoms with E-state index < -0.39 is 11.3 Å². The number of carbonyl (C=O) groups is 2. The molecule has 2 N–H and O–H groups in total. The minimum absolute atomic E-state index is 0.231. The molecule has 4 atom stereocenters. The minimum Gasteiger partial charge on any atom is -0.512 e. The van der Waals surface area contributed by atoms with Crippen LogP contribution in [0.3, 0.4) is 0 Å². The van der Waals surface area contributed by atoms with Gasteiger partial charge in [-0.3, -0.25) is 4.79 Å². The van der Waals surface area contributed by atoms with Crippen LogP contribution in [0.15, 0.2) is 53.8 Å². The minimum atomic E-state index is -1.05. The maximum atomic E-state index is 13.0. The van der Waals surface area contributed by atoms with E-state index in [4.69, 9.17) is 0 Å². The number of nitrogens with zero attached hydrogens (tertiary/aromatic N) is 1. The standard InChI is InChI=1S/C24H32N2O4S2/c1-16-14-26(11-10-21(16)18-8-5-9-20(27)13-18)15-19(12-17-6-3-2-4-7-17)22(28)25-23(31)24(29)30-32/h2-4,6-8,13,16,19,21,23,27,31-32H,5,9-12,14-15H2,1H3,(H,25,28). The average molecular weight is 477 g/mol. The Balaban J connectivity index is 1.66. The monoisotopic (exact) mass is 476 g/mol. The SMILES string of the molecule is CC1CN(CC(Cc2ccccc2)C(=O)NC(S)C(=O)OS)CCC1C1=CCCC(O)=C1. The number of aliphatic hydroxyl groups is 1. The van der Waals surface area contributed by atoms with Crippen molar-refractivity contribution in [2.75, 3.05) is 19.6 Å². The summed E-state index contributed by atoms with van der Waals surface area (Å²) in [5, 5.41) is 11.5. The first-order chi connectivity index (χ1) is 15.4. The summed E-state index contributed by atoms with van der Waals surface area (Å²) < 4.78 is 4.38. The van der Waals surface area contributed by atoms with Crippen LogP contribution in [0.2, 0.25) is 0 Å². The molecule has 1 aliphatic heterocycles. The summed E-state index contributed by atoms with van der Waals surface area (Å²) >= 11 is 7.62. The molecule has 3 rings (SSSR count). The van der Waals surface area contributed by atoms with Crippen molar-refractivity contribution in [2.45, 2.75) is 38.0 Å². The van der Waals surface area contributed by atoms with Gasteiger partial charge in [-0.05, 0) is 54.9 Å². The Hall–Kier alpha value is -1.90. The normalized spacial score (nSPS) is 23.5. The zero-order chi connectivity index (χ0) is 23.1. The Morgan fingerprint density at radius 1 is 1.31 bits per heavy atom. The van der Waals surface area contributed by atoms with Gasteiger partial charge in [0.25, 0.3) is 0 Å². The first kappa shape index (κ1) is 24.7.